The number of hydrogen-bond acceptors (Lipinski definition) is 6. The average molecular weight is 393 g/mol. The van der Waals surface area contributed by atoms with Crippen LogP contribution in [0.3, 0.4) is 0 Å². The Morgan fingerprint density at radius 1 is 1.07 bits per heavy atom. The van der Waals surface area contributed by atoms with Gasteiger partial charge in [0.2, 0.25) is 0 Å². The second kappa shape index (κ2) is 9.97. The van der Waals surface area contributed by atoms with E-state index in [4.69, 9.17) is 21.1 Å². The number of rotatable bonds is 9. The second-order valence-electron chi connectivity index (χ2n) is 5.89. The van der Waals surface area contributed by atoms with Gasteiger partial charge in [-0.05, 0) is 12.8 Å². The summed E-state index contributed by atoms with van der Waals surface area (Å²) in [6.07, 6.45) is 3.39. The number of hydrogen-bond donors (Lipinski definition) is 1. The predicted octanol–water partition coefficient (Wildman–Crippen LogP) is 4.03. The minimum Gasteiger partial charge on any atom is -0.495 e. The van der Waals surface area contributed by atoms with E-state index in [1.807, 2.05) is 0 Å². The van der Waals surface area contributed by atoms with Crippen molar-refractivity contribution in [3.05, 3.63) is 35.2 Å². The van der Waals surface area contributed by atoms with Gasteiger partial charge in [0, 0.05) is 31.3 Å². The van der Waals surface area contributed by atoms with Crippen molar-refractivity contribution >= 4 is 29.0 Å². The summed E-state index contributed by atoms with van der Waals surface area (Å²) in [6, 6.07) is 4.90. The number of nitrogens with one attached hydrogen (secondary N) is 1. The summed E-state index contributed by atoms with van der Waals surface area (Å²) in [6.45, 7) is 5.96. The fourth-order valence-corrected chi connectivity index (χ4v) is 2.90. The molecule has 1 N–H and O–H groups in total. The second-order valence-corrected chi connectivity index (χ2v) is 6.30. The molecule has 0 unspecified atom stereocenters. The number of carbonyl (C=O) groups excluding carboxylic acids is 1. The lowest BCUT2D eigenvalue weighted by molar-refractivity contribution is 0.102. The third-order valence-corrected chi connectivity index (χ3v) is 4.21. The zero-order chi connectivity index (χ0) is 19.8. The molecule has 146 valence electrons. The van der Waals surface area contributed by atoms with Gasteiger partial charge >= 0.3 is 0 Å². The Kier molecular flexibility index (Phi) is 7.67. The van der Waals surface area contributed by atoms with Crippen molar-refractivity contribution in [2.45, 2.75) is 26.7 Å². The lowest BCUT2D eigenvalue weighted by Crippen LogP contribution is -2.26. The number of ether oxygens (including phenoxy) is 2. The molecule has 0 saturated heterocycles. The molecule has 0 radical (unpaired) electrons. The van der Waals surface area contributed by atoms with Crippen molar-refractivity contribution in [3.8, 4) is 11.5 Å². The Hall–Kier alpha value is -2.54. The molecule has 1 amide bonds. The summed E-state index contributed by atoms with van der Waals surface area (Å²) in [5.74, 6) is 1.24. The largest absolute Gasteiger partial charge is 0.495 e. The maximum Gasteiger partial charge on any atom is 0.274 e. The first-order chi connectivity index (χ1) is 13.0. The van der Waals surface area contributed by atoms with Crippen molar-refractivity contribution < 1.29 is 14.3 Å². The molecule has 2 aromatic rings. The highest BCUT2D eigenvalue weighted by atomic mass is 35.5. The first kappa shape index (κ1) is 20.8. The molecule has 27 heavy (non-hydrogen) atoms. The third kappa shape index (κ3) is 5.23. The first-order valence-corrected chi connectivity index (χ1v) is 9.21. The first-order valence-electron chi connectivity index (χ1n) is 8.83. The minimum absolute atomic E-state index is 0.271. The van der Waals surface area contributed by atoms with Crippen LogP contribution in [0.4, 0.5) is 11.5 Å². The molecular formula is C19H25ClN4O3. The number of methoxy groups -OCH3 is 2. The van der Waals surface area contributed by atoms with E-state index in [0.29, 0.717) is 22.2 Å². The molecular weight excluding hydrogens is 368 g/mol. The number of aromatic nitrogens is 2. The lowest BCUT2D eigenvalue weighted by atomic mass is 10.2. The highest BCUT2D eigenvalue weighted by Crippen LogP contribution is 2.36. The van der Waals surface area contributed by atoms with E-state index in [1.54, 1.807) is 18.2 Å². The summed E-state index contributed by atoms with van der Waals surface area (Å²) in [7, 11) is 3.01. The molecule has 1 aromatic heterocycles. The Labute approximate surface area is 164 Å². The maximum atomic E-state index is 12.7. The molecule has 8 heteroatoms. The molecule has 0 aliphatic heterocycles. The monoisotopic (exact) mass is 392 g/mol. The molecule has 0 saturated carbocycles. The summed E-state index contributed by atoms with van der Waals surface area (Å²) in [5, 5.41) is 3.19. The van der Waals surface area contributed by atoms with E-state index in [-0.39, 0.29) is 11.6 Å². The maximum absolute atomic E-state index is 12.7. The van der Waals surface area contributed by atoms with Gasteiger partial charge in [-0.1, -0.05) is 25.4 Å². The van der Waals surface area contributed by atoms with Crippen LogP contribution in [-0.2, 0) is 0 Å². The highest BCUT2D eigenvalue weighted by molar-refractivity contribution is 6.32. The van der Waals surface area contributed by atoms with Crippen LogP contribution in [0, 0.1) is 0 Å². The fourth-order valence-electron chi connectivity index (χ4n) is 2.67. The SMILES string of the molecule is CCCN(CCC)c1cc(C(=O)Nc2cc(OC)c(Cl)cc2OC)ncn1. The van der Waals surface area contributed by atoms with Crippen molar-refractivity contribution in [1.82, 2.24) is 9.97 Å². The van der Waals surface area contributed by atoms with Crippen molar-refractivity contribution in [2.24, 2.45) is 0 Å². The zero-order valence-corrected chi connectivity index (χ0v) is 16.8. The van der Waals surface area contributed by atoms with Crippen LogP contribution in [0.1, 0.15) is 37.2 Å². The zero-order valence-electron chi connectivity index (χ0n) is 16.1. The van der Waals surface area contributed by atoms with E-state index < -0.39 is 0 Å². The van der Waals surface area contributed by atoms with E-state index in [9.17, 15) is 4.79 Å². The van der Waals surface area contributed by atoms with Crippen LogP contribution in [0.15, 0.2) is 24.5 Å². The van der Waals surface area contributed by atoms with Crippen LogP contribution in [0.25, 0.3) is 0 Å². The molecule has 1 aromatic carbocycles. The van der Waals surface area contributed by atoms with Crippen LogP contribution in [-0.4, -0.2) is 43.2 Å². The Balaban J connectivity index is 2.27. The number of amides is 1. The number of benzene rings is 1. The smallest absolute Gasteiger partial charge is 0.274 e. The van der Waals surface area contributed by atoms with Gasteiger partial charge in [0.1, 0.15) is 29.3 Å². The summed E-state index contributed by atoms with van der Waals surface area (Å²) in [5.41, 5.74) is 0.719. The van der Waals surface area contributed by atoms with Crippen LogP contribution < -0.4 is 19.7 Å². The van der Waals surface area contributed by atoms with Crippen LogP contribution in [0.5, 0.6) is 11.5 Å². The number of nitrogens with zero attached hydrogens (tertiary/aromatic N) is 3. The van der Waals surface area contributed by atoms with Crippen molar-refractivity contribution in [3.63, 3.8) is 0 Å². The topological polar surface area (TPSA) is 76.6 Å². The van der Waals surface area contributed by atoms with E-state index >= 15 is 0 Å². The molecule has 0 spiro atoms. The lowest BCUT2D eigenvalue weighted by Gasteiger charge is -2.22. The van der Waals surface area contributed by atoms with Gasteiger partial charge in [-0.15, -0.1) is 0 Å². The van der Waals surface area contributed by atoms with Crippen LogP contribution >= 0.6 is 11.6 Å². The third-order valence-electron chi connectivity index (χ3n) is 3.92. The molecule has 0 fully saturated rings. The average Bonchev–Trinajstić information content (AvgIpc) is 2.68. The molecule has 2 rings (SSSR count). The molecule has 0 aliphatic rings. The number of halogens is 1. The molecule has 0 bridgehead atoms. The number of anilines is 2. The standard InChI is InChI=1S/C19H25ClN4O3/c1-5-7-24(8-6-2)18-11-15(21-12-22-18)19(25)23-14-10-16(26-3)13(20)9-17(14)27-4/h9-12H,5-8H2,1-4H3,(H,23,25). The molecule has 7 nitrogen and oxygen atoms in total. The van der Waals surface area contributed by atoms with Gasteiger partial charge in [-0.25, -0.2) is 9.97 Å². The van der Waals surface area contributed by atoms with E-state index in [2.05, 4.69) is 34.0 Å². The van der Waals surface area contributed by atoms with Gasteiger partial charge in [0.25, 0.3) is 5.91 Å². The normalized spacial score (nSPS) is 10.4. The number of carbonyl (C=O) groups is 1. The predicted molar refractivity (Wildman–Crippen MR) is 107 cm³/mol. The fraction of sp³-hybridized carbons (Fsp3) is 0.421. The van der Waals surface area contributed by atoms with E-state index in [1.165, 1.54) is 20.5 Å². The Morgan fingerprint density at radius 3 is 2.33 bits per heavy atom. The Morgan fingerprint density at radius 2 is 1.74 bits per heavy atom. The van der Waals surface area contributed by atoms with E-state index in [0.717, 1.165) is 31.7 Å². The summed E-state index contributed by atoms with van der Waals surface area (Å²) >= 11 is 6.10. The minimum atomic E-state index is -0.366. The van der Waals surface area contributed by atoms with Crippen LogP contribution in [0.2, 0.25) is 5.02 Å². The van der Waals surface area contributed by atoms with Crippen molar-refractivity contribution in [1.29, 1.82) is 0 Å². The van der Waals surface area contributed by atoms with Crippen molar-refractivity contribution in [2.75, 3.05) is 37.5 Å². The molecule has 1 heterocycles. The summed E-state index contributed by atoms with van der Waals surface area (Å²) in [4.78, 5) is 23.3. The van der Waals surface area contributed by atoms with Gasteiger partial charge in [0.05, 0.1) is 24.9 Å². The highest BCUT2D eigenvalue weighted by Gasteiger charge is 2.16. The van der Waals surface area contributed by atoms with Gasteiger partial charge in [-0.3, -0.25) is 4.79 Å². The molecule has 0 atom stereocenters. The van der Waals surface area contributed by atoms with Gasteiger partial charge in [0.15, 0.2) is 0 Å². The Bertz CT molecular complexity index is 780. The van der Waals surface area contributed by atoms with Gasteiger partial charge < -0.3 is 19.7 Å². The quantitative estimate of drug-likeness (QED) is 0.694. The molecule has 0 aliphatic carbocycles. The van der Waals surface area contributed by atoms with Gasteiger partial charge in [-0.2, -0.15) is 0 Å². The summed E-state index contributed by atoms with van der Waals surface area (Å²) < 4.78 is 10.5.